The fraction of sp³-hybridized carbons (Fsp3) is 0.562. The number of hydrogen-bond acceptors (Lipinski definition) is 2. The summed E-state index contributed by atoms with van der Waals surface area (Å²) in [5.74, 6) is -0.992. The smallest absolute Gasteiger partial charge is 0.323 e. The van der Waals surface area contributed by atoms with Gasteiger partial charge in [0.15, 0.2) is 0 Å². The summed E-state index contributed by atoms with van der Waals surface area (Å²) in [5, 5.41) is 2.30. The van der Waals surface area contributed by atoms with E-state index < -0.39 is 29.3 Å². The molecule has 2 heterocycles. The number of benzene rings is 1. The molecule has 2 saturated heterocycles. The highest BCUT2D eigenvalue weighted by Gasteiger charge is 2.37. The monoisotopic (exact) mass is 345 g/mol. The van der Waals surface area contributed by atoms with E-state index in [1.807, 2.05) is 7.05 Å². The Kier molecular flexibility index (Phi) is 4.42. The van der Waals surface area contributed by atoms with E-state index >= 15 is 0 Å². The number of rotatable bonds is 1. The van der Waals surface area contributed by atoms with Crippen LogP contribution < -0.4 is 5.32 Å². The molecule has 1 N–H and O–H groups in total. The Morgan fingerprint density at radius 2 is 1.92 bits per heavy atom. The highest BCUT2D eigenvalue weighted by atomic mass is 19.4. The fourth-order valence-electron chi connectivity index (χ4n) is 3.55. The second-order valence-electron chi connectivity index (χ2n) is 6.40. The van der Waals surface area contributed by atoms with Crippen LogP contribution in [-0.4, -0.2) is 48.1 Å². The summed E-state index contributed by atoms with van der Waals surface area (Å²) in [6.07, 6.45) is -1.86. The molecule has 0 radical (unpaired) electrons. The minimum absolute atomic E-state index is 0.235. The van der Waals surface area contributed by atoms with Crippen molar-refractivity contribution in [2.24, 2.45) is 0 Å². The van der Waals surface area contributed by atoms with Gasteiger partial charge in [-0.3, -0.25) is 4.90 Å². The molecule has 2 aliphatic rings. The average Bonchev–Trinajstić information content (AvgIpc) is 2.72. The molecule has 8 heteroatoms. The number of likely N-dealkylation sites (N-methyl/N-ethyl adjacent to an activating group) is 1. The number of likely N-dealkylation sites (tertiary alicyclic amines) is 1. The van der Waals surface area contributed by atoms with Gasteiger partial charge in [-0.1, -0.05) is 0 Å². The van der Waals surface area contributed by atoms with Gasteiger partial charge in [0, 0.05) is 25.2 Å². The van der Waals surface area contributed by atoms with Crippen molar-refractivity contribution in [2.45, 2.75) is 37.5 Å². The summed E-state index contributed by atoms with van der Waals surface area (Å²) in [6, 6.07) is 2.33. The Morgan fingerprint density at radius 3 is 2.62 bits per heavy atom. The number of anilines is 1. The van der Waals surface area contributed by atoms with Crippen molar-refractivity contribution in [3.63, 3.8) is 0 Å². The first-order chi connectivity index (χ1) is 11.3. The first-order valence-electron chi connectivity index (χ1n) is 7.90. The predicted octanol–water partition coefficient (Wildman–Crippen LogP) is 3.54. The SMILES string of the molecule is CN1[C@H]2CC[C@H]1CN(C(=O)Nc1ccc(F)cc1C(F)(F)F)CC2. The Hall–Kier alpha value is -1.83. The second-order valence-corrected chi connectivity index (χ2v) is 6.40. The zero-order valence-corrected chi connectivity index (χ0v) is 13.2. The summed E-state index contributed by atoms with van der Waals surface area (Å²) >= 11 is 0. The van der Waals surface area contributed by atoms with Crippen LogP contribution in [0.2, 0.25) is 0 Å². The molecule has 2 atom stereocenters. The van der Waals surface area contributed by atoms with Gasteiger partial charge < -0.3 is 10.2 Å². The molecule has 2 bridgehead atoms. The second kappa shape index (κ2) is 6.23. The Balaban J connectivity index is 1.76. The molecular formula is C16H19F4N3O. The number of carbonyl (C=O) groups is 1. The highest BCUT2D eigenvalue weighted by Crippen LogP contribution is 2.35. The lowest BCUT2D eigenvalue weighted by Gasteiger charge is -2.26. The molecule has 0 spiro atoms. The van der Waals surface area contributed by atoms with Crippen LogP contribution in [0.25, 0.3) is 0 Å². The average molecular weight is 345 g/mol. The fourth-order valence-corrected chi connectivity index (χ4v) is 3.55. The first kappa shape index (κ1) is 17.0. The van der Waals surface area contributed by atoms with Crippen molar-refractivity contribution in [3.05, 3.63) is 29.6 Å². The van der Waals surface area contributed by atoms with Crippen molar-refractivity contribution >= 4 is 11.7 Å². The number of urea groups is 1. The van der Waals surface area contributed by atoms with Crippen molar-refractivity contribution in [2.75, 3.05) is 25.5 Å². The van der Waals surface area contributed by atoms with Crippen molar-refractivity contribution < 1.29 is 22.4 Å². The van der Waals surface area contributed by atoms with Crippen LogP contribution in [0.4, 0.5) is 28.0 Å². The zero-order valence-electron chi connectivity index (χ0n) is 13.2. The van der Waals surface area contributed by atoms with Crippen LogP contribution in [0, 0.1) is 5.82 Å². The zero-order chi connectivity index (χ0) is 17.5. The van der Waals surface area contributed by atoms with Crippen LogP contribution in [0.1, 0.15) is 24.8 Å². The van der Waals surface area contributed by atoms with Crippen molar-refractivity contribution in [1.82, 2.24) is 9.80 Å². The van der Waals surface area contributed by atoms with E-state index in [1.54, 1.807) is 4.90 Å². The molecule has 0 aromatic heterocycles. The molecule has 2 fully saturated rings. The van der Waals surface area contributed by atoms with Crippen LogP contribution in [0.3, 0.4) is 0 Å². The maximum atomic E-state index is 13.1. The minimum atomic E-state index is -4.73. The number of hydrogen-bond donors (Lipinski definition) is 1. The molecule has 2 aliphatic heterocycles. The van der Waals surface area contributed by atoms with Crippen LogP contribution in [-0.2, 0) is 6.18 Å². The van der Waals surface area contributed by atoms with E-state index in [4.69, 9.17) is 0 Å². The summed E-state index contributed by atoms with van der Waals surface area (Å²) in [5.41, 5.74) is -1.60. The molecule has 1 aromatic carbocycles. The maximum absolute atomic E-state index is 13.1. The summed E-state index contributed by atoms with van der Waals surface area (Å²) in [6.45, 7) is 0.987. The van der Waals surface area contributed by atoms with Crippen molar-refractivity contribution in [1.29, 1.82) is 0 Å². The lowest BCUT2D eigenvalue weighted by molar-refractivity contribution is -0.137. The number of carbonyl (C=O) groups excluding carboxylic acids is 1. The largest absolute Gasteiger partial charge is 0.418 e. The van der Waals surface area contributed by atoms with Gasteiger partial charge in [-0.2, -0.15) is 13.2 Å². The molecule has 2 amide bonds. The molecule has 24 heavy (non-hydrogen) atoms. The number of fused-ring (bicyclic) bond motifs is 2. The van der Waals surface area contributed by atoms with Gasteiger partial charge in [-0.05, 0) is 44.5 Å². The van der Waals surface area contributed by atoms with Gasteiger partial charge in [-0.15, -0.1) is 0 Å². The normalized spacial score (nSPS) is 24.8. The van der Waals surface area contributed by atoms with Gasteiger partial charge >= 0.3 is 12.2 Å². The number of halogens is 4. The standard InChI is InChI=1S/C16H19F4N3O/c1-22-11-3-4-12(22)9-23(7-6-11)15(24)21-14-5-2-10(17)8-13(14)16(18,19)20/h2,5,8,11-12H,3-4,6-7,9H2,1H3,(H,21,24)/t11-,12-/m0/s1. The quantitative estimate of drug-likeness (QED) is 0.790. The Bertz CT molecular complexity index is 634. The van der Waals surface area contributed by atoms with E-state index in [9.17, 15) is 22.4 Å². The molecule has 0 aliphatic carbocycles. The number of nitrogens with zero attached hydrogens (tertiary/aromatic N) is 2. The van der Waals surface area contributed by atoms with E-state index in [1.165, 1.54) is 0 Å². The van der Waals surface area contributed by atoms with Gasteiger partial charge in [-0.25, -0.2) is 9.18 Å². The number of nitrogens with one attached hydrogen (secondary N) is 1. The maximum Gasteiger partial charge on any atom is 0.418 e. The summed E-state index contributed by atoms with van der Waals surface area (Å²) < 4.78 is 52.2. The minimum Gasteiger partial charge on any atom is -0.323 e. The Labute approximate surface area is 137 Å². The summed E-state index contributed by atoms with van der Waals surface area (Å²) in [7, 11) is 2.02. The third-order valence-electron chi connectivity index (χ3n) is 4.96. The van der Waals surface area contributed by atoms with E-state index in [-0.39, 0.29) is 6.04 Å². The van der Waals surface area contributed by atoms with Crippen LogP contribution in [0.15, 0.2) is 18.2 Å². The van der Waals surface area contributed by atoms with E-state index in [0.29, 0.717) is 25.2 Å². The first-order valence-corrected chi connectivity index (χ1v) is 7.90. The predicted molar refractivity (Wildman–Crippen MR) is 81.2 cm³/mol. The molecule has 3 rings (SSSR count). The van der Waals surface area contributed by atoms with E-state index in [2.05, 4.69) is 10.2 Å². The topological polar surface area (TPSA) is 35.6 Å². The van der Waals surface area contributed by atoms with E-state index in [0.717, 1.165) is 31.4 Å². The molecule has 132 valence electrons. The van der Waals surface area contributed by atoms with Crippen LogP contribution in [0.5, 0.6) is 0 Å². The summed E-state index contributed by atoms with van der Waals surface area (Å²) in [4.78, 5) is 16.2. The van der Waals surface area contributed by atoms with Gasteiger partial charge in [0.1, 0.15) is 5.82 Å². The van der Waals surface area contributed by atoms with Gasteiger partial charge in [0.2, 0.25) is 0 Å². The lowest BCUT2D eigenvalue weighted by atomic mass is 10.1. The third-order valence-corrected chi connectivity index (χ3v) is 4.96. The van der Waals surface area contributed by atoms with Crippen LogP contribution >= 0.6 is 0 Å². The molecular weight excluding hydrogens is 326 g/mol. The lowest BCUT2D eigenvalue weighted by Crippen LogP contribution is -2.42. The molecule has 0 saturated carbocycles. The Morgan fingerprint density at radius 1 is 1.21 bits per heavy atom. The van der Waals surface area contributed by atoms with Gasteiger partial charge in [0.25, 0.3) is 0 Å². The van der Waals surface area contributed by atoms with Gasteiger partial charge in [0.05, 0.1) is 11.3 Å². The third kappa shape index (κ3) is 3.33. The number of amides is 2. The molecule has 1 aromatic rings. The highest BCUT2D eigenvalue weighted by molar-refractivity contribution is 5.90. The molecule has 0 unspecified atom stereocenters. The molecule has 4 nitrogen and oxygen atoms in total. The number of alkyl halides is 3. The van der Waals surface area contributed by atoms with Crippen molar-refractivity contribution in [3.8, 4) is 0 Å².